The summed E-state index contributed by atoms with van der Waals surface area (Å²) in [6.07, 6.45) is 0. The first-order valence-electron chi connectivity index (χ1n) is 3.88. The minimum Gasteiger partial charge on any atom is -0.369 e. The van der Waals surface area contributed by atoms with Gasteiger partial charge >= 0.3 is 0 Å². The van der Waals surface area contributed by atoms with Crippen molar-refractivity contribution in [1.82, 2.24) is 10.2 Å². The number of hydrogen-bond acceptors (Lipinski definition) is 3. The summed E-state index contributed by atoms with van der Waals surface area (Å²) in [6.45, 7) is 3.44. The fraction of sp³-hybridized carbons (Fsp3) is 0.857. The number of primary amides is 1. The molecule has 1 fully saturated rings. The van der Waals surface area contributed by atoms with Crippen molar-refractivity contribution in [2.45, 2.75) is 0 Å². The Bertz CT molecular complexity index is 149. The van der Waals surface area contributed by atoms with Gasteiger partial charge in [0.15, 0.2) is 0 Å². The summed E-state index contributed by atoms with van der Waals surface area (Å²) in [5, 5.41) is 3.17. The van der Waals surface area contributed by atoms with Crippen LogP contribution in [0.15, 0.2) is 0 Å². The Balaban J connectivity index is 2.45. The van der Waals surface area contributed by atoms with Crippen molar-refractivity contribution in [3.63, 3.8) is 0 Å². The summed E-state index contributed by atoms with van der Waals surface area (Å²) in [4.78, 5) is 12.9. The van der Waals surface area contributed by atoms with E-state index in [1.807, 2.05) is 7.05 Å². The molecule has 1 atom stereocenters. The minimum atomic E-state index is -0.203. The fourth-order valence-electron chi connectivity index (χ4n) is 1.27. The SMILES string of the molecule is CN1CCNC[C@H](C(N)=O)C1. The molecule has 0 aromatic rings. The molecule has 3 N–H and O–H groups in total. The molecule has 0 aromatic carbocycles. The van der Waals surface area contributed by atoms with E-state index < -0.39 is 0 Å². The van der Waals surface area contributed by atoms with E-state index in [4.69, 9.17) is 5.73 Å². The van der Waals surface area contributed by atoms with Gasteiger partial charge in [0.25, 0.3) is 0 Å². The van der Waals surface area contributed by atoms with Crippen molar-refractivity contribution in [3.8, 4) is 0 Å². The maximum atomic E-state index is 10.8. The first-order valence-corrected chi connectivity index (χ1v) is 3.88. The van der Waals surface area contributed by atoms with Gasteiger partial charge in [0.05, 0.1) is 5.92 Å². The van der Waals surface area contributed by atoms with Gasteiger partial charge in [-0.15, -0.1) is 0 Å². The highest BCUT2D eigenvalue weighted by Gasteiger charge is 2.19. The van der Waals surface area contributed by atoms with Crippen LogP contribution >= 0.6 is 0 Å². The summed E-state index contributed by atoms with van der Waals surface area (Å²) in [6, 6.07) is 0. The van der Waals surface area contributed by atoms with Gasteiger partial charge in [-0.25, -0.2) is 0 Å². The summed E-state index contributed by atoms with van der Waals surface area (Å²) >= 11 is 0. The average Bonchev–Trinajstić information content (AvgIpc) is 2.13. The van der Waals surface area contributed by atoms with Crippen LogP contribution in [0.4, 0.5) is 0 Å². The Labute approximate surface area is 66.7 Å². The number of amides is 1. The van der Waals surface area contributed by atoms with Crippen molar-refractivity contribution in [2.75, 3.05) is 33.2 Å². The van der Waals surface area contributed by atoms with Crippen LogP contribution in [0.2, 0.25) is 0 Å². The zero-order chi connectivity index (χ0) is 8.27. The summed E-state index contributed by atoms with van der Waals surface area (Å²) in [5.74, 6) is -0.228. The van der Waals surface area contributed by atoms with Crippen molar-refractivity contribution in [3.05, 3.63) is 0 Å². The van der Waals surface area contributed by atoms with Gasteiger partial charge in [0, 0.05) is 26.2 Å². The molecule has 0 aromatic heterocycles. The van der Waals surface area contributed by atoms with Crippen LogP contribution in [-0.4, -0.2) is 44.0 Å². The molecule has 0 aliphatic carbocycles. The first-order chi connectivity index (χ1) is 5.20. The standard InChI is InChI=1S/C7H15N3O/c1-10-3-2-9-4-6(5-10)7(8)11/h6,9H,2-5H2,1H3,(H2,8,11)/t6-/m0/s1. The highest BCUT2D eigenvalue weighted by Crippen LogP contribution is 1.99. The van der Waals surface area contributed by atoms with E-state index in [1.165, 1.54) is 0 Å². The Kier molecular flexibility index (Phi) is 2.84. The largest absolute Gasteiger partial charge is 0.369 e. The van der Waals surface area contributed by atoms with E-state index in [2.05, 4.69) is 10.2 Å². The van der Waals surface area contributed by atoms with Gasteiger partial charge < -0.3 is 16.0 Å². The van der Waals surface area contributed by atoms with Crippen LogP contribution < -0.4 is 11.1 Å². The van der Waals surface area contributed by atoms with Gasteiger partial charge in [-0.05, 0) is 7.05 Å². The van der Waals surface area contributed by atoms with Crippen LogP contribution in [0.5, 0.6) is 0 Å². The molecule has 1 saturated heterocycles. The third-order valence-electron chi connectivity index (χ3n) is 2.00. The minimum absolute atomic E-state index is 0.0255. The van der Waals surface area contributed by atoms with Gasteiger partial charge in [-0.3, -0.25) is 4.79 Å². The van der Waals surface area contributed by atoms with E-state index >= 15 is 0 Å². The highest BCUT2D eigenvalue weighted by atomic mass is 16.1. The van der Waals surface area contributed by atoms with Gasteiger partial charge in [0.1, 0.15) is 0 Å². The zero-order valence-electron chi connectivity index (χ0n) is 6.84. The molecule has 0 unspecified atom stereocenters. The summed E-state index contributed by atoms with van der Waals surface area (Å²) in [7, 11) is 2.00. The van der Waals surface area contributed by atoms with Crippen LogP contribution in [0.1, 0.15) is 0 Å². The van der Waals surface area contributed by atoms with Crippen LogP contribution in [-0.2, 0) is 4.79 Å². The monoisotopic (exact) mass is 157 g/mol. The number of likely N-dealkylation sites (N-methyl/N-ethyl adjacent to an activating group) is 1. The normalized spacial score (nSPS) is 27.9. The van der Waals surface area contributed by atoms with E-state index in [0.29, 0.717) is 0 Å². The van der Waals surface area contributed by atoms with Gasteiger partial charge in [-0.2, -0.15) is 0 Å². The van der Waals surface area contributed by atoms with E-state index in [0.717, 1.165) is 26.2 Å². The van der Waals surface area contributed by atoms with Crippen molar-refractivity contribution in [1.29, 1.82) is 0 Å². The lowest BCUT2D eigenvalue weighted by molar-refractivity contribution is -0.121. The van der Waals surface area contributed by atoms with Crippen molar-refractivity contribution >= 4 is 5.91 Å². The number of nitrogens with zero attached hydrogens (tertiary/aromatic N) is 1. The molecular weight excluding hydrogens is 142 g/mol. The van der Waals surface area contributed by atoms with E-state index in [9.17, 15) is 4.79 Å². The van der Waals surface area contributed by atoms with Crippen LogP contribution in [0.3, 0.4) is 0 Å². The molecule has 0 saturated carbocycles. The molecule has 4 nitrogen and oxygen atoms in total. The second-order valence-corrected chi connectivity index (χ2v) is 3.07. The molecule has 1 aliphatic heterocycles. The first kappa shape index (κ1) is 8.49. The second-order valence-electron chi connectivity index (χ2n) is 3.07. The fourth-order valence-corrected chi connectivity index (χ4v) is 1.27. The smallest absolute Gasteiger partial charge is 0.223 e. The molecule has 1 aliphatic rings. The summed E-state index contributed by atoms with van der Waals surface area (Å²) < 4.78 is 0. The van der Waals surface area contributed by atoms with E-state index in [1.54, 1.807) is 0 Å². The third-order valence-corrected chi connectivity index (χ3v) is 2.00. The maximum absolute atomic E-state index is 10.8. The number of nitrogens with one attached hydrogen (secondary N) is 1. The van der Waals surface area contributed by atoms with Crippen molar-refractivity contribution < 1.29 is 4.79 Å². The number of carbonyl (C=O) groups excluding carboxylic acids is 1. The average molecular weight is 157 g/mol. The number of carbonyl (C=O) groups is 1. The Morgan fingerprint density at radius 3 is 3.09 bits per heavy atom. The Hall–Kier alpha value is -0.610. The molecule has 1 amide bonds. The molecule has 11 heavy (non-hydrogen) atoms. The molecule has 0 spiro atoms. The summed E-state index contributed by atoms with van der Waals surface area (Å²) in [5.41, 5.74) is 5.19. The topological polar surface area (TPSA) is 58.4 Å². The van der Waals surface area contributed by atoms with Crippen LogP contribution in [0.25, 0.3) is 0 Å². The lowest BCUT2D eigenvalue weighted by Crippen LogP contribution is -2.36. The molecule has 64 valence electrons. The second kappa shape index (κ2) is 3.69. The number of rotatable bonds is 1. The quantitative estimate of drug-likeness (QED) is 0.493. The van der Waals surface area contributed by atoms with Crippen LogP contribution in [0, 0.1) is 5.92 Å². The van der Waals surface area contributed by atoms with Crippen molar-refractivity contribution in [2.24, 2.45) is 11.7 Å². The third kappa shape index (κ3) is 2.48. The van der Waals surface area contributed by atoms with Gasteiger partial charge in [0.2, 0.25) is 5.91 Å². The Morgan fingerprint density at radius 1 is 1.73 bits per heavy atom. The molecule has 0 bridgehead atoms. The highest BCUT2D eigenvalue weighted by molar-refractivity contribution is 5.77. The number of nitrogens with two attached hydrogens (primary N) is 1. The lowest BCUT2D eigenvalue weighted by Gasteiger charge is -2.15. The molecule has 1 heterocycles. The van der Waals surface area contributed by atoms with Gasteiger partial charge in [-0.1, -0.05) is 0 Å². The molecular formula is C7H15N3O. The predicted octanol–water partition coefficient (Wildman–Crippen LogP) is -1.38. The predicted molar refractivity (Wildman–Crippen MR) is 43.1 cm³/mol. The molecule has 1 rings (SSSR count). The maximum Gasteiger partial charge on any atom is 0.223 e. The molecule has 4 heteroatoms. The zero-order valence-corrected chi connectivity index (χ0v) is 6.84. The molecule has 0 radical (unpaired) electrons. The Morgan fingerprint density at radius 2 is 2.45 bits per heavy atom. The lowest BCUT2D eigenvalue weighted by atomic mass is 10.1. The van der Waals surface area contributed by atoms with E-state index in [-0.39, 0.29) is 11.8 Å². The number of hydrogen-bond donors (Lipinski definition) is 2.